The highest BCUT2D eigenvalue weighted by Gasteiger charge is 2.15. The van der Waals surface area contributed by atoms with Gasteiger partial charge >= 0.3 is 11.9 Å². The van der Waals surface area contributed by atoms with E-state index in [4.69, 9.17) is 14.2 Å². The van der Waals surface area contributed by atoms with E-state index in [1.54, 1.807) is 24.3 Å². The largest absolute Gasteiger partial charge is 0.481 e. The Morgan fingerprint density at radius 1 is 1.07 bits per heavy atom. The molecule has 0 amide bonds. The van der Waals surface area contributed by atoms with Crippen molar-refractivity contribution in [3.63, 3.8) is 0 Å². The minimum atomic E-state index is -1.17. The highest BCUT2D eigenvalue weighted by molar-refractivity contribution is 7.24. The molecule has 1 atom stereocenters. The third-order valence-electron chi connectivity index (χ3n) is 4.10. The molecule has 0 aliphatic carbocycles. The van der Waals surface area contributed by atoms with Crippen LogP contribution in [-0.2, 0) is 19.1 Å². The molecule has 0 radical (unpaired) electrons. The zero-order valence-electron chi connectivity index (χ0n) is 16.3. The maximum absolute atomic E-state index is 12.9. The van der Waals surface area contributed by atoms with Crippen molar-refractivity contribution in [3.05, 3.63) is 64.8 Å². The van der Waals surface area contributed by atoms with Crippen LogP contribution in [0.4, 0.5) is 0 Å². The van der Waals surface area contributed by atoms with Gasteiger partial charge < -0.3 is 19.3 Å². The van der Waals surface area contributed by atoms with Crippen molar-refractivity contribution in [1.82, 2.24) is 0 Å². The van der Waals surface area contributed by atoms with Crippen LogP contribution in [0, 0.1) is 0 Å². The molecule has 0 spiro atoms. The molecule has 0 aliphatic rings. The predicted molar refractivity (Wildman–Crippen MR) is 114 cm³/mol. The number of carbonyl (C=O) groups is 2. The molecular formula is C22H20O7S. The zero-order chi connectivity index (χ0) is 21.7. The van der Waals surface area contributed by atoms with Crippen molar-refractivity contribution in [1.29, 1.82) is 0 Å². The third-order valence-corrected chi connectivity index (χ3v) is 5.24. The van der Waals surface area contributed by atoms with E-state index < -0.39 is 24.6 Å². The molecule has 0 saturated heterocycles. The van der Waals surface area contributed by atoms with Gasteiger partial charge in [0, 0.05) is 20.4 Å². The molecule has 0 bridgehead atoms. The Hall–Kier alpha value is -3.23. The lowest BCUT2D eigenvalue weighted by atomic mass is 10.1. The quantitative estimate of drug-likeness (QED) is 0.335. The van der Waals surface area contributed by atoms with E-state index in [1.165, 1.54) is 18.3 Å². The molecule has 7 nitrogen and oxygen atoms in total. The topological polar surface area (TPSA) is 99.1 Å². The van der Waals surface area contributed by atoms with Crippen molar-refractivity contribution < 1.29 is 28.9 Å². The first-order valence-electron chi connectivity index (χ1n) is 9.10. The molecule has 1 heterocycles. The van der Waals surface area contributed by atoms with E-state index >= 15 is 0 Å². The summed E-state index contributed by atoms with van der Waals surface area (Å²) in [6.07, 6.45) is -1.17. The summed E-state index contributed by atoms with van der Waals surface area (Å²) in [5.74, 6) is -1.08. The van der Waals surface area contributed by atoms with E-state index in [9.17, 15) is 19.5 Å². The number of esters is 2. The number of ether oxygens (including phenoxy) is 3. The fourth-order valence-corrected chi connectivity index (χ4v) is 3.74. The Bertz CT molecular complexity index is 1170. The fourth-order valence-electron chi connectivity index (χ4n) is 2.65. The van der Waals surface area contributed by atoms with E-state index in [0.29, 0.717) is 10.8 Å². The van der Waals surface area contributed by atoms with Gasteiger partial charge in [0.1, 0.15) is 25.1 Å². The minimum absolute atomic E-state index is 0.168. The smallest absolute Gasteiger partial charge is 0.344 e. The number of carbonyl (C=O) groups excluding carboxylic acids is 2. The molecule has 1 N–H and O–H groups in total. The SMILES string of the molecule is C=C(C)C(=O)OCC(O)COC(=O)COc1cccc2sc3ccccc3c(=O)c12. The van der Waals surface area contributed by atoms with Crippen LogP contribution in [0.3, 0.4) is 0 Å². The van der Waals surface area contributed by atoms with Gasteiger partial charge in [0.15, 0.2) is 12.0 Å². The van der Waals surface area contributed by atoms with Crippen molar-refractivity contribution in [2.75, 3.05) is 19.8 Å². The van der Waals surface area contributed by atoms with Gasteiger partial charge in [-0.1, -0.05) is 24.8 Å². The van der Waals surface area contributed by atoms with Gasteiger partial charge in [0.25, 0.3) is 0 Å². The molecule has 0 fully saturated rings. The molecule has 3 aromatic rings. The predicted octanol–water partition coefficient (Wildman–Crippen LogP) is 2.82. The second kappa shape index (κ2) is 9.51. The maximum Gasteiger partial charge on any atom is 0.344 e. The second-order valence-corrected chi connectivity index (χ2v) is 7.64. The summed E-state index contributed by atoms with van der Waals surface area (Å²) in [5, 5.41) is 10.7. The van der Waals surface area contributed by atoms with Gasteiger partial charge in [0.2, 0.25) is 0 Å². The van der Waals surface area contributed by atoms with Crippen molar-refractivity contribution in [2.24, 2.45) is 0 Å². The number of aliphatic hydroxyl groups excluding tert-OH is 1. The first-order chi connectivity index (χ1) is 14.4. The van der Waals surface area contributed by atoms with Crippen LogP contribution in [0.25, 0.3) is 20.2 Å². The van der Waals surface area contributed by atoms with E-state index in [2.05, 4.69) is 6.58 Å². The van der Waals surface area contributed by atoms with Gasteiger partial charge in [0.05, 0.1) is 5.39 Å². The molecule has 8 heteroatoms. The molecule has 1 unspecified atom stereocenters. The molecule has 30 heavy (non-hydrogen) atoms. The summed E-state index contributed by atoms with van der Waals surface area (Å²) in [5.41, 5.74) is 0.0344. The van der Waals surface area contributed by atoms with Gasteiger partial charge in [-0.3, -0.25) is 4.79 Å². The summed E-state index contributed by atoms with van der Waals surface area (Å²) in [6.45, 7) is 3.79. The van der Waals surface area contributed by atoms with Crippen LogP contribution >= 0.6 is 11.3 Å². The van der Waals surface area contributed by atoms with E-state index in [0.717, 1.165) is 9.40 Å². The lowest BCUT2D eigenvalue weighted by Crippen LogP contribution is -2.27. The standard InChI is InChI=1S/C22H20O7S/c1-13(2)22(26)29-11-14(23)10-28-19(24)12-27-16-7-5-9-18-20(16)21(25)15-6-3-4-8-17(15)30-18/h3-9,14,23H,1,10-12H2,2H3. The Morgan fingerprint density at radius 3 is 2.53 bits per heavy atom. The van der Waals surface area contributed by atoms with Crippen LogP contribution < -0.4 is 10.2 Å². The van der Waals surface area contributed by atoms with Crippen LogP contribution in [0.1, 0.15) is 6.92 Å². The Labute approximate surface area is 176 Å². The number of hydrogen-bond acceptors (Lipinski definition) is 8. The average Bonchev–Trinajstić information content (AvgIpc) is 2.74. The first-order valence-corrected chi connectivity index (χ1v) is 9.92. The molecule has 1 aromatic heterocycles. The van der Waals surface area contributed by atoms with Crippen LogP contribution in [-0.4, -0.2) is 43.0 Å². The molecule has 2 aromatic carbocycles. The molecule has 0 saturated carbocycles. The van der Waals surface area contributed by atoms with E-state index in [-0.39, 0.29) is 30.0 Å². The fraction of sp³-hybridized carbons (Fsp3) is 0.227. The number of fused-ring (bicyclic) bond motifs is 2. The van der Waals surface area contributed by atoms with Crippen molar-refractivity contribution in [3.8, 4) is 5.75 Å². The highest BCUT2D eigenvalue weighted by atomic mass is 32.1. The molecular weight excluding hydrogens is 408 g/mol. The van der Waals surface area contributed by atoms with Crippen molar-refractivity contribution in [2.45, 2.75) is 13.0 Å². The summed E-state index contributed by atoms with van der Waals surface area (Å²) >= 11 is 1.46. The minimum Gasteiger partial charge on any atom is -0.481 e. The van der Waals surface area contributed by atoms with E-state index in [1.807, 2.05) is 18.2 Å². The lowest BCUT2D eigenvalue weighted by Gasteiger charge is -2.13. The number of rotatable bonds is 8. The zero-order valence-corrected chi connectivity index (χ0v) is 17.1. The molecule has 156 valence electrons. The average molecular weight is 428 g/mol. The highest BCUT2D eigenvalue weighted by Crippen LogP contribution is 2.30. The maximum atomic E-state index is 12.9. The van der Waals surface area contributed by atoms with Crippen LogP contribution in [0.2, 0.25) is 0 Å². The van der Waals surface area contributed by atoms with Gasteiger partial charge in [-0.2, -0.15) is 0 Å². The van der Waals surface area contributed by atoms with Gasteiger partial charge in [-0.25, -0.2) is 9.59 Å². The molecule has 3 rings (SSSR count). The van der Waals surface area contributed by atoms with Crippen molar-refractivity contribution >= 4 is 43.4 Å². The van der Waals surface area contributed by atoms with Crippen LogP contribution in [0.5, 0.6) is 5.75 Å². The summed E-state index contributed by atoms with van der Waals surface area (Å²) < 4.78 is 16.9. The van der Waals surface area contributed by atoms with Crippen LogP contribution in [0.15, 0.2) is 59.4 Å². The normalized spacial score (nSPS) is 11.8. The van der Waals surface area contributed by atoms with Gasteiger partial charge in [-0.15, -0.1) is 11.3 Å². The lowest BCUT2D eigenvalue weighted by molar-refractivity contribution is -0.152. The monoisotopic (exact) mass is 428 g/mol. The number of aliphatic hydroxyl groups is 1. The second-order valence-electron chi connectivity index (χ2n) is 6.56. The Balaban J connectivity index is 1.62. The third kappa shape index (κ3) is 5.03. The van der Waals surface area contributed by atoms with Gasteiger partial charge in [-0.05, 0) is 31.2 Å². The summed E-state index contributed by atoms with van der Waals surface area (Å²) in [6, 6.07) is 12.5. The summed E-state index contributed by atoms with van der Waals surface area (Å²) in [4.78, 5) is 36.1. The number of hydrogen-bond donors (Lipinski definition) is 1. The first kappa shape index (κ1) is 21.5. The molecule has 0 aliphatic heterocycles. The Kier molecular flexibility index (Phi) is 6.81. The Morgan fingerprint density at radius 2 is 1.77 bits per heavy atom. The summed E-state index contributed by atoms with van der Waals surface area (Å²) in [7, 11) is 0. The number of benzene rings is 2.